The molecular formula is C22H17FN2O2S. The quantitative estimate of drug-likeness (QED) is 0.487. The number of carbonyl (C=O) groups is 2. The third-order valence-corrected chi connectivity index (χ3v) is 5.63. The van der Waals surface area contributed by atoms with Crippen LogP contribution >= 0.6 is 11.3 Å². The predicted octanol–water partition coefficient (Wildman–Crippen LogP) is 5.17. The molecule has 0 spiro atoms. The molecule has 2 aromatic heterocycles. The summed E-state index contributed by atoms with van der Waals surface area (Å²) < 4.78 is 15.4. The molecule has 4 nitrogen and oxygen atoms in total. The van der Waals surface area contributed by atoms with Gasteiger partial charge in [-0.1, -0.05) is 29.8 Å². The molecule has 0 atom stereocenters. The smallest absolute Gasteiger partial charge is 0.323 e. The van der Waals surface area contributed by atoms with Gasteiger partial charge in [-0.2, -0.15) is 0 Å². The molecule has 0 fully saturated rings. The normalized spacial score (nSPS) is 11.1. The highest BCUT2D eigenvalue weighted by molar-refractivity contribution is 7.13. The molecule has 2 N–H and O–H groups in total. The van der Waals surface area contributed by atoms with E-state index in [2.05, 4.69) is 0 Å². The number of hydrogen-bond acceptors (Lipinski definition) is 3. The van der Waals surface area contributed by atoms with Gasteiger partial charge in [0.05, 0.1) is 21.7 Å². The number of para-hydroxylation sites is 1. The Bertz CT molecular complexity index is 1220. The van der Waals surface area contributed by atoms with Gasteiger partial charge >= 0.3 is 6.03 Å². The summed E-state index contributed by atoms with van der Waals surface area (Å²) in [5.74, 6) is -0.791. The topological polar surface area (TPSA) is 65.1 Å². The summed E-state index contributed by atoms with van der Waals surface area (Å²) in [4.78, 5) is 25.4. The summed E-state index contributed by atoms with van der Waals surface area (Å²) in [5.41, 5.74) is 8.71. The maximum absolute atomic E-state index is 14.0. The number of Topliss-reactive ketones (excluding diaryl/α,β-unsaturated/α-hetero) is 1. The van der Waals surface area contributed by atoms with Crippen LogP contribution in [0.25, 0.3) is 21.5 Å². The molecule has 0 saturated carbocycles. The number of hydrogen-bond donors (Lipinski definition) is 1. The van der Waals surface area contributed by atoms with E-state index in [-0.39, 0.29) is 17.8 Å². The van der Waals surface area contributed by atoms with Gasteiger partial charge in [0, 0.05) is 11.8 Å². The molecule has 0 bridgehead atoms. The average Bonchev–Trinajstić information content (AvgIpc) is 3.27. The van der Waals surface area contributed by atoms with Gasteiger partial charge in [-0.15, -0.1) is 11.3 Å². The number of halogens is 1. The number of nitrogens with two attached hydrogens (primary N) is 1. The van der Waals surface area contributed by atoms with Crippen molar-refractivity contribution in [2.75, 3.05) is 0 Å². The molecule has 4 aromatic rings. The zero-order valence-corrected chi connectivity index (χ0v) is 15.9. The molecule has 6 heteroatoms. The zero-order chi connectivity index (χ0) is 19.8. The van der Waals surface area contributed by atoms with E-state index in [4.69, 9.17) is 5.73 Å². The second-order valence-electron chi connectivity index (χ2n) is 6.66. The highest BCUT2D eigenvalue weighted by atomic mass is 32.1. The van der Waals surface area contributed by atoms with Gasteiger partial charge in [0.1, 0.15) is 5.82 Å². The van der Waals surface area contributed by atoms with Crippen molar-refractivity contribution in [3.8, 4) is 10.6 Å². The summed E-state index contributed by atoms with van der Waals surface area (Å²) in [6.45, 7) is 1.82. The molecule has 2 aromatic carbocycles. The predicted molar refractivity (Wildman–Crippen MR) is 109 cm³/mol. The van der Waals surface area contributed by atoms with E-state index >= 15 is 0 Å². The van der Waals surface area contributed by atoms with Gasteiger partial charge in [0.25, 0.3) is 0 Å². The van der Waals surface area contributed by atoms with Crippen molar-refractivity contribution in [1.82, 2.24) is 4.57 Å². The van der Waals surface area contributed by atoms with Gasteiger partial charge in [0.15, 0.2) is 5.78 Å². The van der Waals surface area contributed by atoms with Gasteiger partial charge in [-0.25, -0.2) is 9.18 Å². The highest BCUT2D eigenvalue weighted by Gasteiger charge is 2.18. The number of rotatable bonds is 4. The van der Waals surface area contributed by atoms with Crippen LogP contribution in [0, 0.1) is 12.7 Å². The third-order valence-electron chi connectivity index (χ3n) is 4.62. The van der Waals surface area contributed by atoms with Crippen molar-refractivity contribution in [2.24, 2.45) is 5.73 Å². The van der Waals surface area contributed by atoms with Crippen LogP contribution in [0.4, 0.5) is 9.18 Å². The van der Waals surface area contributed by atoms with Crippen LogP contribution < -0.4 is 5.73 Å². The van der Waals surface area contributed by atoms with Crippen LogP contribution in [0.1, 0.15) is 21.5 Å². The Hall–Kier alpha value is -3.25. The second-order valence-corrected chi connectivity index (χ2v) is 7.58. The molecule has 4 rings (SSSR count). The van der Waals surface area contributed by atoms with Crippen LogP contribution in [-0.2, 0) is 6.42 Å². The fourth-order valence-electron chi connectivity index (χ4n) is 3.31. The monoisotopic (exact) mass is 392 g/mol. The lowest BCUT2D eigenvalue weighted by atomic mass is 10.0. The minimum atomic E-state index is -0.566. The lowest BCUT2D eigenvalue weighted by Gasteiger charge is -2.04. The lowest BCUT2D eigenvalue weighted by Crippen LogP contribution is -2.19. The number of thiophene rings is 1. The summed E-state index contributed by atoms with van der Waals surface area (Å²) in [5, 5.41) is 2.76. The van der Waals surface area contributed by atoms with E-state index in [1.807, 2.05) is 48.7 Å². The number of fused-ring (bicyclic) bond motifs is 1. The van der Waals surface area contributed by atoms with Crippen LogP contribution in [0.3, 0.4) is 0 Å². The minimum absolute atomic E-state index is 0.0909. The van der Waals surface area contributed by atoms with E-state index in [1.165, 1.54) is 22.0 Å². The molecule has 2 heterocycles. The van der Waals surface area contributed by atoms with Gasteiger partial charge in [-0.05, 0) is 48.2 Å². The molecule has 0 aliphatic heterocycles. The molecule has 140 valence electrons. The Morgan fingerprint density at radius 3 is 2.68 bits per heavy atom. The molecule has 0 radical (unpaired) electrons. The maximum atomic E-state index is 14.0. The largest absolute Gasteiger partial charge is 0.351 e. The average molecular weight is 392 g/mol. The van der Waals surface area contributed by atoms with E-state index in [9.17, 15) is 14.0 Å². The van der Waals surface area contributed by atoms with Crippen LogP contribution in [0.15, 0.2) is 60.0 Å². The lowest BCUT2D eigenvalue weighted by molar-refractivity contribution is 0.0989. The van der Waals surface area contributed by atoms with E-state index in [0.717, 1.165) is 26.9 Å². The van der Waals surface area contributed by atoms with Crippen LogP contribution in [0.2, 0.25) is 0 Å². The first kappa shape index (κ1) is 18.1. The second kappa shape index (κ2) is 7.05. The number of aryl methyl sites for hydroxylation is 1. The molecule has 1 amide bonds. The first-order valence-electron chi connectivity index (χ1n) is 8.71. The van der Waals surface area contributed by atoms with E-state index in [0.29, 0.717) is 5.69 Å². The number of primary amides is 1. The molecule has 0 aliphatic carbocycles. The van der Waals surface area contributed by atoms with Gasteiger partial charge in [-0.3, -0.25) is 9.36 Å². The summed E-state index contributed by atoms with van der Waals surface area (Å²) >= 11 is 1.42. The molecule has 0 unspecified atom stereocenters. The number of nitrogens with zero attached hydrogens (tertiary/aromatic N) is 1. The SMILES string of the molecule is Cc1ccc(F)c(C(=O)Cc2csc(-c3cc4ccccc4n3C(N)=O)c2)c1. The number of aromatic nitrogens is 1. The number of carbonyl (C=O) groups excluding carboxylic acids is 2. The van der Waals surface area contributed by atoms with Crippen LogP contribution in [-0.4, -0.2) is 16.4 Å². The van der Waals surface area contributed by atoms with Crippen LogP contribution in [0.5, 0.6) is 0 Å². The van der Waals surface area contributed by atoms with Crippen molar-refractivity contribution >= 4 is 34.1 Å². The zero-order valence-electron chi connectivity index (χ0n) is 15.1. The molecule has 0 saturated heterocycles. The number of ketones is 1. The Kier molecular flexibility index (Phi) is 4.57. The number of amides is 1. The Labute approximate surface area is 165 Å². The van der Waals surface area contributed by atoms with Crippen molar-refractivity contribution in [3.63, 3.8) is 0 Å². The van der Waals surface area contributed by atoms with Crippen molar-refractivity contribution in [2.45, 2.75) is 13.3 Å². The first-order valence-corrected chi connectivity index (χ1v) is 9.59. The van der Waals surface area contributed by atoms with E-state index in [1.54, 1.807) is 12.1 Å². The first-order chi connectivity index (χ1) is 13.4. The fraction of sp³-hybridized carbons (Fsp3) is 0.0909. The van der Waals surface area contributed by atoms with E-state index < -0.39 is 11.8 Å². The maximum Gasteiger partial charge on any atom is 0.323 e. The van der Waals surface area contributed by atoms with Gasteiger partial charge in [0.2, 0.25) is 0 Å². The number of benzene rings is 2. The molecular weight excluding hydrogens is 375 g/mol. The Morgan fingerprint density at radius 1 is 1.11 bits per heavy atom. The Morgan fingerprint density at radius 2 is 1.89 bits per heavy atom. The minimum Gasteiger partial charge on any atom is -0.351 e. The Balaban J connectivity index is 1.68. The summed E-state index contributed by atoms with van der Waals surface area (Å²) in [6, 6.07) is 15.2. The molecule has 0 aliphatic rings. The fourth-order valence-corrected chi connectivity index (χ4v) is 4.23. The third kappa shape index (κ3) is 3.23. The van der Waals surface area contributed by atoms with Crippen molar-refractivity contribution in [3.05, 3.63) is 82.5 Å². The molecule has 28 heavy (non-hydrogen) atoms. The highest BCUT2D eigenvalue weighted by Crippen LogP contribution is 2.32. The standard InChI is InChI=1S/C22H17FN2O2S/c1-13-6-7-17(23)16(8-13)20(26)9-14-10-21(28-12-14)19-11-15-4-2-3-5-18(15)25(19)22(24)27/h2-8,10-12H,9H2,1H3,(H2,24,27). The van der Waals surface area contributed by atoms with Crippen molar-refractivity contribution < 1.29 is 14.0 Å². The summed E-state index contributed by atoms with van der Waals surface area (Å²) in [7, 11) is 0. The van der Waals surface area contributed by atoms with Crippen molar-refractivity contribution in [1.29, 1.82) is 0 Å². The summed E-state index contributed by atoms with van der Waals surface area (Å²) in [6.07, 6.45) is 0.0909. The van der Waals surface area contributed by atoms with Gasteiger partial charge < -0.3 is 5.73 Å².